The molecule has 0 bridgehead atoms. The Morgan fingerprint density at radius 1 is 1.36 bits per heavy atom. The van der Waals surface area contributed by atoms with Gasteiger partial charge in [0.1, 0.15) is 5.78 Å². The van der Waals surface area contributed by atoms with Crippen LogP contribution in [0.3, 0.4) is 0 Å². The van der Waals surface area contributed by atoms with Crippen molar-refractivity contribution in [1.29, 1.82) is 0 Å². The van der Waals surface area contributed by atoms with Gasteiger partial charge in [0.25, 0.3) is 0 Å². The van der Waals surface area contributed by atoms with Gasteiger partial charge < -0.3 is 0 Å². The second-order valence-corrected chi connectivity index (χ2v) is 4.87. The molecule has 1 aliphatic heterocycles. The van der Waals surface area contributed by atoms with Crippen LogP contribution < -0.4 is 0 Å². The smallest absolute Gasteiger partial charge is 0.155 e. The molecule has 3 heteroatoms. The summed E-state index contributed by atoms with van der Waals surface area (Å²) >= 11 is 0. The van der Waals surface area contributed by atoms with Crippen molar-refractivity contribution >= 4 is 12.5 Å². The summed E-state index contributed by atoms with van der Waals surface area (Å²) in [7, 11) is 1.98. The van der Waals surface area contributed by atoms with Crippen molar-refractivity contribution in [3.63, 3.8) is 0 Å². The lowest BCUT2D eigenvalue weighted by atomic mass is 9.36. The molecule has 1 heterocycles. The Morgan fingerprint density at radius 2 is 2.00 bits per heavy atom. The fraction of sp³-hybridized carbons (Fsp3) is 0.727. The summed E-state index contributed by atoms with van der Waals surface area (Å²) in [5, 5.41) is 0. The molecule has 0 aliphatic carbocycles. The number of rotatable bonds is 1. The molecule has 0 spiro atoms. The first kappa shape index (κ1) is 11.5. The van der Waals surface area contributed by atoms with Gasteiger partial charge in [-0.25, -0.2) is 0 Å². The van der Waals surface area contributed by atoms with E-state index in [2.05, 4.69) is 25.3 Å². The van der Waals surface area contributed by atoms with Crippen molar-refractivity contribution < 1.29 is 4.79 Å². The fourth-order valence-corrected chi connectivity index (χ4v) is 2.07. The standard InChI is InChI=1S/C11H20BNO/c1-9(2)12-5-10(3)7-13(4)8-11(14)6-12/h9H,3,5-8H2,1-2,4H3. The highest BCUT2D eigenvalue weighted by Crippen LogP contribution is 2.22. The van der Waals surface area contributed by atoms with Crippen molar-refractivity contribution in [3.8, 4) is 0 Å². The predicted molar refractivity (Wildman–Crippen MR) is 62.1 cm³/mol. The fourth-order valence-electron chi connectivity index (χ4n) is 2.07. The molecule has 0 atom stereocenters. The van der Waals surface area contributed by atoms with Crippen molar-refractivity contribution in [2.24, 2.45) is 0 Å². The largest absolute Gasteiger partial charge is 0.299 e. The van der Waals surface area contributed by atoms with Crippen molar-refractivity contribution in [2.45, 2.75) is 32.3 Å². The van der Waals surface area contributed by atoms with Gasteiger partial charge in [-0.1, -0.05) is 38.1 Å². The van der Waals surface area contributed by atoms with E-state index in [0.717, 1.165) is 19.2 Å². The highest BCUT2D eigenvalue weighted by Gasteiger charge is 2.25. The Balaban J connectivity index is 2.65. The van der Waals surface area contributed by atoms with Crippen LogP contribution in [0.4, 0.5) is 0 Å². The van der Waals surface area contributed by atoms with Crippen LogP contribution in [-0.2, 0) is 4.79 Å². The van der Waals surface area contributed by atoms with Gasteiger partial charge in [0.2, 0.25) is 0 Å². The quantitative estimate of drug-likeness (QED) is 0.468. The summed E-state index contributed by atoms with van der Waals surface area (Å²) in [6.45, 7) is 10.4. The molecule has 78 valence electrons. The van der Waals surface area contributed by atoms with E-state index in [4.69, 9.17) is 0 Å². The number of likely N-dealkylation sites (N-methyl/N-ethyl adjacent to an activating group) is 1. The number of carbonyl (C=O) groups is 1. The molecule has 1 saturated heterocycles. The van der Waals surface area contributed by atoms with Crippen LogP contribution in [0.5, 0.6) is 0 Å². The lowest BCUT2D eigenvalue weighted by molar-refractivity contribution is -0.117. The maximum atomic E-state index is 11.6. The van der Waals surface area contributed by atoms with Gasteiger partial charge in [-0.15, -0.1) is 0 Å². The van der Waals surface area contributed by atoms with E-state index >= 15 is 0 Å². The molecule has 0 N–H and O–H groups in total. The zero-order valence-corrected chi connectivity index (χ0v) is 9.55. The van der Waals surface area contributed by atoms with Crippen LogP contribution >= 0.6 is 0 Å². The van der Waals surface area contributed by atoms with Crippen molar-refractivity contribution in [2.75, 3.05) is 20.1 Å². The molecule has 0 aromatic carbocycles. The molecular formula is C11H20BNO. The Morgan fingerprint density at radius 3 is 2.57 bits per heavy atom. The molecule has 1 rings (SSSR count). The van der Waals surface area contributed by atoms with E-state index in [9.17, 15) is 4.79 Å². The highest BCUT2D eigenvalue weighted by molar-refractivity contribution is 6.64. The second-order valence-electron chi connectivity index (χ2n) is 4.87. The molecule has 0 aromatic rings. The summed E-state index contributed by atoms with van der Waals surface area (Å²) in [4.78, 5) is 13.7. The molecule has 0 radical (unpaired) electrons. The third-order valence-electron chi connectivity index (χ3n) is 2.92. The number of hydrogen-bond donors (Lipinski definition) is 0. The van der Waals surface area contributed by atoms with E-state index in [1.165, 1.54) is 5.57 Å². The third-order valence-corrected chi connectivity index (χ3v) is 2.92. The molecular weight excluding hydrogens is 173 g/mol. The Labute approximate surface area is 87.4 Å². The van der Waals surface area contributed by atoms with Gasteiger partial charge in [0, 0.05) is 6.54 Å². The van der Waals surface area contributed by atoms with E-state index < -0.39 is 0 Å². The van der Waals surface area contributed by atoms with E-state index in [1.807, 2.05) is 7.05 Å². The minimum Gasteiger partial charge on any atom is -0.299 e. The predicted octanol–water partition coefficient (Wildman–Crippen LogP) is 1.96. The van der Waals surface area contributed by atoms with Gasteiger partial charge in [-0.3, -0.25) is 9.69 Å². The third kappa shape index (κ3) is 3.30. The van der Waals surface area contributed by atoms with Crippen LogP contribution in [0.25, 0.3) is 0 Å². The number of ketones is 1. The molecule has 2 nitrogen and oxygen atoms in total. The van der Waals surface area contributed by atoms with Crippen LogP contribution in [-0.4, -0.2) is 37.5 Å². The lowest BCUT2D eigenvalue weighted by Gasteiger charge is -2.25. The summed E-state index contributed by atoms with van der Waals surface area (Å²) in [6, 6.07) is 0. The van der Waals surface area contributed by atoms with Crippen LogP contribution in [0.1, 0.15) is 13.8 Å². The van der Waals surface area contributed by atoms with Crippen molar-refractivity contribution in [3.05, 3.63) is 12.2 Å². The topological polar surface area (TPSA) is 20.3 Å². The maximum absolute atomic E-state index is 11.6. The molecule has 0 aromatic heterocycles. The van der Waals surface area contributed by atoms with Gasteiger partial charge in [0.05, 0.1) is 6.54 Å². The molecule has 0 unspecified atom stereocenters. The van der Waals surface area contributed by atoms with E-state index in [-0.39, 0.29) is 0 Å². The first-order chi connectivity index (χ1) is 6.49. The molecule has 0 amide bonds. The van der Waals surface area contributed by atoms with Gasteiger partial charge in [-0.2, -0.15) is 0 Å². The lowest BCUT2D eigenvalue weighted by Crippen LogP contribution is -2.35. The molecule has 1 aliphatic rings. The first-order valence-electron chi connectivity index (χ1n) is 5.36. The average molecular weight is 193 g/mol. The molecule has 1 fully saturated rings. The number of Topliss-reactive ketones (excluding diaryl/α,β-unsaturated/α-hetero) is 1. The Hall–Kier alpha value is -0.565. The second kappa shape index (κ2) is 4.78. The number of nitrogens with zero attached hydrogens (tertiary/aromatic N) is 1. The number of carbonyl (C=O) groups excluding carboxylic acids is 1. The van der Waals surface area contributed by atoms with E-state index in [1.54, 1.807) is 0 Å². The minimum absolute atomic E-state index is 0.374. The van der Waals surface area contributed by atoms with Gasteiger partial charge >= 0.3 is 0 Å². The SMILES string of the molecule is C=C1CB(C(C)C)CC(=O)CN(C)C1. The van der Waals surface area contributed by atoms with Gasteiger partial charge in [0.15, 0.2) is 6.71 Å². The summed E-state index contributed by atoms with van der Waals surface area (Å²) in [5.41, 5.74) is 1.26. The monoisotopic (exact) mass is 193 g/mol. The zero-order chi connectivity index (χ0) is 10.7. The normalized spacial score (nSPS) is 21.3. The molecule has 14 heavy (non-hydrogen) atoms. The summed E-state index contributed by atoms with van der Waals surface area (Å²) in [5.74, 6) is 0.956. The molecule has 0 saturated carbocycles. The van der Waals surface area contributed by atoms with E-state index in [0.29, 0.717) is 24.9 Å². The average Bonchev–Trinajstić information content (AvgIpc) is 1.99. The van der Waals surface area contributed by atoms with Crippen LogP contribution in [0.15, 0.2) is 12.2 Å². The minimum atomic E-state index is 0.374. The van der Waals surface area contributed by atoms with Gasteiger partial charge in [-0.05, 0) is 13.4 Å². The van der Waals surface area contributed by atoms with Crippen LogP contribution in [0.2, 0.25) is 18.5 Å². The summed E-state index contributed by atoms with van der Waals surface area (Å²) in [6.07, 6.45) is 1.73. The maximum Gasteiger partial charge on any atom is 0.155 e. The Bertz CT molecular complexity index is 217. The van der Waals surface area contributed by atoms with Crippen molar-refractivity contribution in [1.82, 2.24) is 4.90 Å². The summed E-state index contributed by atoms with van der Waals surface area (Å²) < 4.78 is 0. The highest BCUT2D eigenvalue weighted by atomic mass is 16.1. The first-order valence-corrected chi connectivity index (χ1v) is 5.36. The Kier molecular flexibility index (Phi) is 3.93. The van der Waals surface area contributed by atoms with Crippen LogP contribution in [0, 0.1) is 0 Å². The number of hydrogen-bond acceptors (Lipinski definition) is 2. The zero-order valence-electron chi connectivity index (χ0n) is 9.55.